The van der Waals surface area contributed by atoms with Gasteiger partial charge >= 0.3 is 5.97 Å². The minimum Gasteiger partial charge on any atom is -0.481 e. The lowest BCUT2D eigenvalue weighted by molar-refractivity contribution is -0.158. The molecule has 1 aliphatic heterocycles. The van der Waals surface area contributed by atoms with Gasteiger partial charge < -0.3 is 9.84 Å². The third-order valence-electron chi connectivity index (χ3n) is 3.06. The monoisotopic (exact) mass is 214 g/mol. The maximum absolute atomic E-state index is 11.6. The number of ketones is 1. The molecule has 1 aliphatic rings. The van der Waals surface area contributed by atoms with Gasteiger partial charge in [-0.05, 0) is 12.8 Å². The summed E-state index contributed by atoms with van der Waals surface area (Å²) in [7, 11) is 0. The largest absolute Gasteiger partial charge is 0.481 e. The number of hydrogen-bond acceptors (Lipinski definition) is 3. The van der Waals surface area contributed by atoms with Gasteiger partial charge in [0.15, 0.2) is 0 Å². The van der Waals surface area contributed by atoms with Gasteiger partial charge in [0.05, 0.1) is 5.41 Å². The Kier molecular flexibility index (Phi) is 3.85. The average molecular weight is 214 g/mol. The molecule has 0 aromatic heterocycles. The number of Topliss-reactive ketones (excluding diaryl/α,β-unsaturated/α-hetero) is 1. The molecular formula is C11H18O4. The van der Waals surface area contributed by atoms with Crippen LogP contribution in [0.25, 0.3) is 0 Å². The van der Waals surface area contributed by atoms with E-state index in [9.17, 15) is 14.7 Å². The van der Waals surface area contributed by atoms with Gasteiger partial charge in [0.25, 0.3) is 0 Å². The number of carbonyl (C=O) groups is 2. The van der Waals surface area contributed by atoms with Gasteiger partial charge in [-0.15, -0.1) is 0 Å². The molecule has 4 heteroatoms. The van der Waals surface area contributed by atoms with Gasteiger partial charge in [-0.25, -0.2) is 0 Å². The normalized spacial score (nSPS) is 20.2. The van der Waals surface area contributed by atoms with E-state index in [1.807, 2.05) is 0 Å². The molecule has 0 aliphatic carbocycles. The first-order valence-electron chi connectivity index (χ1n) is 5.32. The number of carboxylic acid groups (broad SMARTS) is 1. The van der Waals surface area contributed by atoms with E-state index in [0.717, 1.165) is 0 Å². The smallest absolute Gasteiger partial charge is 0.310 e. The number of carboxylic acids is 1. The summed E-state index contributed by atoms with van der Waals surface area (Å²) in [6.07, 6.45) is 1.03. The van der Waals surface area contributed by atoms with Crippen molar-refractivity contribution >= 4 is 11.8 Å². The SMILES string of the molecule is CC(C)C(=O)CC1(C(=O)O)CCOCC1. The zero-order valence-corrected chi connectivity index (χ0v) is 9.28. The fourth-order valence-electron chi connectivity index (χ4n) is 1.77. The summed E-state index contributed by atoms with van der Waals surface area (Å²) in [4.78, 5) is 22.8. The van der Waals surface area contributed by atoms with Crippen LogP contribution >= 0.6 is 0 Å². The number of hydrogen-bond donors (Lipinski definition) is 1. The second-order valence-corrected chi connectivity index (χ2v) is 4.50. The molecule has 86 valence electrons. The molecule has 0 bridgehead atoms. The molecule has 0 radical (unpaired) electrons. The predicted molar refractivity (Wildman–Crippen MR) is 54.6 cm³/mol. The molecule has 1 rings (SSSR count). The molecule has 1 N–H and O–H groups in total. The Morgan fingerprint density at radius 2 is 1.87 bits per heavy atom. The Morgan fingerprint density at radius 1 is 1.33 bits per heavy atom. The summed E-state index contributed by atoms with van der Waals surface area (Å²) in [5.74, 6) is -0.928. The summed E-state index contributed by atoms with van der Waals surface area (Å²) in [6, 6.07) is 0. The summed E-state index contributed by atoms with van der Waals surface area (Å²) in [5, 5.41) is 9.21. The molecule has 1 heterocycles. The molecule has 1 saturated heterocycles. The zero-order valence-electron chi connectivity index (χ0n) is 9.28. The van der Waals surface area contributed by atoms with Gasteiger partial charge in [0.1, 0.15) is 5.78 Å². The number of carbonyl (C=O) groups excluding carboxylic acids is 1. The lowest BCUT2D eigenvalue weighted by Gasteiger charge is -2.32. The average Bonchev–Trinajstić information content (AvgIpc) is 2.18. The first-order chi connectivity index (χ1) is 6.98. The van der Waals surface area contributed by atoms with Gasteiger partial charge in [0.2, 0.25) is 0 Å². The van der Waals surface area contributed by atoms with E-state index >= 15 is 0 Å². The third-order valence-corrected chi connectivity index (χ3v) is 3.06. The Bertz CT molecular complexity index is 251. The lowest BCUT2D eigenvalue weighted by atomic mass is 9.75. The highest BCUT2D eigenvalue weighted by atomic mass is 16.5. The fourth-order valence-corrected chi connectivity index (χ4v) is 1.77. The molecule has 4 nitrogen and oxygen atoms in total. The molecule has 0 unspecified atom stereocenters. The molecule has 0 amide bonds. The maximum Gasteiger partial charge on any atom is 0.310 e. The topological polar surface area (TPSA) is 63.6 Å². The van der Waals surface area contributed by atoms with Crippen LogP contribution in [0.5, 0.6) is 0 Å². The van der Waals surface area contributed by atoms with Crippen molar-refractivity contribution in [2.45, 2.75) is 33.1 Å². The van der Waals surface area contributed by atoms with Crippen molar-refractivity contribution in [3.63, 3.8) is 0 Å². The molecule has 0 aromatic rings. The Morgan fingerprint density at radius 3 is 2.27 bits per heavy atom. The van der Waals surface area contributed by atoms with E-state index in [1.54, 1.807) is 13.8 Å². The van der Waals surface area contributed by atoms with Gasteiger partial charge in [-0.3, -0.25) is 9.59 Å². The number of aliphatic carboxylic acids is 1. The van der Waals surface area contributed by atoms with E-state index in [0.29, 0.717) is 26.1 Å². The molecule has 0 atom stereocenters. The van der Waals surface area contributed by atoms with Crippen LogP contribution in [0.2, 0.25) is 0 Å². The molecule has 0 spiro atoms. The van der Waals surface area contributed by atoms with Crippen molar-refractivity contribution in [3.05, 3.63) is 0 Å². The number of ether oxygens (including phenoxy) is 1. The highest BCUT2D eigenvalue weighted by Gasteiger charge is 2.42. The van der Waals surface area contributed by atoms with E-state index in [-0.39, 0.29) is 18.1 Å². The summed E-state index contributed by atoms with van der Waals surface area (Å²) in [6.45, 7) is 4.49. The van der Waals surface area contributed by atoms with Crippen molar-refractivity contribution in [2.75, 3.05) is 13.2 Å². The molecule has 1 fully saturated rings. The quantitative estimate of drug-likeness (QED) is 0.770. The van der Waals surface area contributed by atoms with Crippen LogP contribution in [0.3, 0.4) is 0 Å². The van der Waals surface area contributed by atoms with Crippen molar-refractivity contribution in [1.82, 2.24) is 0 Å². The first kappa shape index (κ1) is 12.2. The maximum atomic E-state index is 11.6. The minimum atomic E-state index is -0.875. The van der Waals surface area contributed by atoms with Crippen molar-refractivity contribution in [1.29, 1.82) is 0 Å². The van der Waals surface area contributed by atoms with Crippen LogP contribution < -0.4 is 0 Å². The molecule has 15 heavy (non-hydrogen) atoms. The van der Waals surface area contributed by atoms with E-state index < -0.39 is 11.4 Å². The van der Waals surface area contributed by atoms with Crippen molar-refractivity contribution < 1.29 is 19.4 Å². The van der Waals surface area contributed by atoms with Crippen LogP contribution in [0.15, 0.2) is 0 Å². The first-order valence-corrected chi connectivity index (χ1v) is 5.32. The summed E-state index contributed by atoms with van der Waals surface area (Å²) in [5.41, 5.74) is -0.875. The summed E-state index contributed by atoms with van der Waals surface area (Å²) < 4.78 is 5.14. The summed E-state index contributed by atoms with van der Waals surface area (Å²) >= 11 is 0. The molecular weight excluding hydrogens is 196 g/mol. The van der Waals surface area contributed by atoms with E-state index in [2.05, 4.69) is 0 Å². The van der Waals surface area contributed by atoms with Crippen LogP contribution in [-0.2, 0) is 14.3 Å². The van der Waals surface area contributed by atoms with E-state index in [4.69, 9.17) is 4.74 Å². The molecule has 0 aromatic carbocycles. The zero-order chi connectivity index (χ0) is 11.5. The lowest BCUT2D eigenvalue weighted by Crippen LogP contribution is -2.39. The fraction of sp³-hybridized carbons (Fsp3) is 0.818. The predicted octanol–water partition coefficient (Wildman–Crippen LogP) is 1.48. The Labute approximate surface area is 89.6 Å². The van der Waals surface area contributed by atoms with E-state index in [1.165, 1.54) is 0 Å². The molecule has 0 saturated carbocycles. The van der Waals surface area contributed by atoms with Crippen LogP contribution in [0, 0.1) is 11.3 Å². The highest BCUT2D eigenvalue weighted by molar-refractivity contribution is 5.87. The standard InChI is InChI=1S/C11H18O4/c1-8(2)9(12)7-11(10(13)14)3-5-15-6-4-11/h8H,3-7H2,1-2H3,(H,13,14). The minimum absolute atomic E-state index is 0.0271. The van der Waals surface area contributed by atoms with Gasteiger partial charge in [-0.1, -0.05) is 13.8 Å². The van der Waals surface area contributed by atoms with Crippen LogP contribution in [-0.4, -0.2) is 30.1 Å². The van der Waals surface area contributed by atoms with Crippen LogP contribution in [0.1, 0.15) is 33.1 Å². The Balaban J connectivity index is 2.73. The third kappa shape index (κ3) is 2.78. The van der Waals surface area contributed by atoms with Crippen molar-refractivity contribution in [2.24, 2.45) is 11.3 Å². The Hall–Kier alpha value is -0.900. The second kappa shape index (κ2) is 4.75. The highest BCUT2D eigenvalue weighted by Crippen LogP contribution is 2.35. The van der Waals surface area contributed by atoms with Crippen molar-refractivity contribution in [3.8, 4) is 0 Å². The van der Waals surface area contributed by atoms with Gasteiger partial charge in [0, 0.05) is 25.6 Å². The van der Waals surface area contributed by atoms with Gasteiger partial charge in [-0.2, -0.15) is 0 Å². The number of rotatable bonds is 4. The van der Waals surface area contributed by atoms with Crippen LogP contribution in [0.4, 0.5) is 0 Å². The second-order valence-electron chi connectivity index (χ2n) is 4.50.